The lowest BCUT2D eigenvalue weighted by atomic mass is 9.91. The SMILES string of the molecule is NCC(c1cccc(F)c1)C(O)C1CC1. The normalized spacial score (nSPS) is 19.9. The maximum atomic E-state index is 13.0. The summed E-state index contributed by atoms with van der Waals surface area (Å²) in [6.45, 7) is 0.362. The second-order valence-electron chi connectivity index (χ2n) is 4.23. The van der Waals surface area contributed by atoms with E-state index in [1.165, 1.54) is 12.1 Å². The molecule has 0 saturated heterocycles. The van der Waals surface area contributed by atoms with Gasteiger partial charge in [0.25, 0.3) is 0 Å². The number of hydrogen-bond donors (Lipinski definition) is 2. The molecule has 1 fully saturated rings. The van der Waals surface area contributed by atoms with Crippen LogP contribution in [0, 0.1) is 11.7 Å². The van der Waals surface area contributed by atoms with E-state index >= 15 is 0 Å². The van der Waals surface area contributed by atoms with E-state index in [4.69, 9.17) is 5.73 Å². The average molecular weight is 209 g/mol. The smallest absolute Gasteiger partial charge is 0.123 e. The van der Waals surface area contributed by atoms with E-state index in [9.17, 15) is 9.50 Å². The van der Waals surface area contributed by atoms with Gasteiger partial charge in [-0.1, -0.05) is 12.1 Å². The Hall–Kier alpha value is -0.930. The molecule has 0 bridgehead atoms. The molecule has 2 unspecified atom stereocenters. The monoisotopic (exact) mass is 209 g/mol. The van der Waals surface area contributed by atoms with Crippen LogP contribution < -0.4 is 5.73 Å². The predicted octanol–water partition coefficient (Wildman–Crippen LogP) is 1.64. The fourth-order valence-corrected chi connectivity index (χ4v) is 1.98. The highest BCUT2D eigenvalue weighted by atomic mass is 19.1. The maximum Gasteiger partial charge on any atom is 0.123 e. The first kappa shape index (κ1) is 10.6. The lowest BCUT2D eigenvalue weighted by molar-refractivity contribution is 0.123. The number of halogens is 1. The Bertz CT molecular complexity index is 338. The van der Waals surface area contributed by atoms with Crippen molar-refractivity contribution in [3.63, 3.8) is 0 Å². The number of aliphatic hydroxyl groups is 1. The van der Waals surface area contributed by atoms with E-state index in [-0.39, 0.29) is 11.7 Å². The second kappa shape index (κ2) is 4.29. The van der Waals surface area contributed by atoms with Crippen LogP contribution in [0.1, 0.15) is 24.3 Å². The van der Waals surface area contributed by atoms with Gasteiger partial charge in [0, 0.05) is 12.5 Å². The highest BCUT2D eigenvalue weighted by Gasteiger charge is 2.35. The van der Waals surface area contributed by atoms with Crippen molar-refractivity contribution >= 4 is 0 Å². The largest absolute Gasteiger partial charge is 0.392 e. The van der Waals surface area contributed by atoms with Crippen LogP contribution in [0.5, 0.6) is 0 Å². The van der Waals surface area contributed by atoms with Gasteiger partial charge in [-0.15, -0.1) is 0 Å². The van der Waals surface area contributed by atoms with Crippen LogP contribution in [-0.2, 0) is 0 Å². The van der Waals surface area contributed by atoms with Crippen LogP contribution >= 0.6 is 0 Å². The van der Waals surface area contributed by atoms with E-state index in [2.05, 4.69) is 0 Å². The summed E-state index contributed by atoms with van der Waals surface area (Å²) < 4.78 is 13.0. The van der Waals surface area contributed by atoms with Crippen molar-refractivity contribution in [2.45, 2.75) is 24.9 Å². The van der Waals surface area contributed by atoms with E-state index in [0.29, 0.717) is 12.5 Å². The van der Waals surface area contributed by atoms with Crippen molar-refractivity contribution in [2.75, 3.05) is 6.54 Å². The Morgan fingerprint density at radius 3 is 2.73 bits per heavy atom. The minimum atomic E-state index is -0.420. The van der Waals surface area contributed by atoms with Crippen molar-refractivity contribution in [1.29, 1.82) is 0 Å². The number of benzene rings is 1. The van der Waals surface area contributed by atoms with Crippen LogP contribution in [0.3, 0.4) is 0 Å². The zero-order chi connectivity index (χ0) is 10.8. The highest BCUT2D eigenvalue weighted by Crippen LogP contribution is 2.38. The molecule has 0 aromatic heterocycles. The standard InChI is InChI=1S/C12H16FNO/c13-10-3-1-2-9(6-10)11(7-14)12(15)8-4-5-8/h1-3,6,8,11-12,15H,4-5,7,14H2. The second-order valence-corrected chi connectivity index (χ2v) is 4.23. The van der Waals surface area contributed by atoms with E-state index in [0.717, 1.165) is 18.4 Å². The predicted molar refractivity (Wildman–Crippen MR) is 56.9 cm³/mol. The Balaban J connectivity index is 2.17. The number of rotatable bonds is 4. The topological polar surface area (TPSA) is 46.2 Å². The van der Waals surface area contributed by atoms with Crippen molar-refractivity contribution in [3.05, 3.63) is 35.6 Å². The van der Waals surface area contributed by atoms with Gasteiger partial charge in [-0.05, 0) is 36.5 Å². The molecule has 2 atom stereocenters. The van der Waals surface area contributed by atoms with E-state index < -0.39 is 6.10 Å². The van der Waals surface area contributed by atoms with Gasteiger partial charge in [0.15, 0.2) is 0 Å². The molecule has 0 spiro atoms. The summed E-state index contributed by atoms with van der Waals surface area (Å²) in [6.07, 6.45) is 1.71. The molecule has 15 heavy (non-hydrogen) atoms. The molecule has 1 aromatic rings. The minimum absolute atomic E-state index is 0.131. The van der Waals surface area contributed by atoms with Gasteiger partial charge in [0.05, 0.1) is 6.10 Å². The minimum Gasteiger partial charge on any atom is -0.392 e. The molecule has 82 valence electrons. The first-order chi connectivity index (χ1) is 7.22. The molecule has 1 aliphatic rings. The van der Waals surface area contributed by atoms with Gasteiger partial charge >= 0.3 is 0 Å². The van der Waals surface area contributed by atoms with Gasteiger partial charge in [-0.3, -0.25) is 0 Å². The number of nitrogens with two attached hydrogens (primary N) is 1. The molecule has 0 aliphatic heterocycles. The van der Waals surface area contributed by atoms with Gasteiger partial charge in [-0.25, -0.2) is 4.39 Å². The molecule has 1 saturated carbocycles. The van der Waals surface area contributed by atoms with Crippen molar-refractivity contribution < 1.29 is 9.50 Å². The fraction of sp³-hybridized carbons (Fsp3) is 0.500. The van der Waals surface area contributed by atoms with Crippen LogP contribution in [-0.4, -0.2) is 17.8 Å². The zero-order valence-electron chi connectivity index (χ0n) is 8.57. The summed E-state index contributed by atoms with van der Waals surface area (Å²) in [7, 11) is 0. The molecule has 0 heterocycles. The average Bonchev–Trinajstić information content (AvgIpc) is 3.02. The highest BCUT2D eigenvalue weighted by molar-refractivity contribution is 5.23. The molecule has 3 N–H and O–H groups in total. The van der Waals surface area contributed by atoms with Gasteiger partial charge in [-0.2, -0.15) is 0 Å². The molecule has 0 amide bonds. The molecule has 3 heteroatoms. The summed E-state index contributed by atoms with van der Waals surface area (Å²) in [6, 6.07) is 6.35. The van der Waals surface area contributed by atoms with Gasteiger partial charge in [0.1, 0.15) is 5.82 Å². The summed E-state index contributed by atoms with van der Waals surface area (Å²) in [5.41, 5.74) is 6.44. The fourth-order valence-electron chi connectivity index (χ4n) is 1.98. The van der Waals surface area contributed by atoms with Crippen LogP contribution in [0.4, 0.5) is 4.39 Å². The quantitative estimate of drug-likeness (QED) is 0.791. The third-order valence-electron chi connectivity index (χ3n) is 3.05. The number of hydrogen-bond acceptors (Lipinski definition) is 2. The van der Waals surface area contributed by atoms with Gasteiger partial charge in [0.2, 0.25) is 0 Å². The van der Waals surface area contributed by atoms with Crippen molar-refractivity contribution in [3.8, 4) is 0 Å². The Morgan fingerprint density at radius 1 is 1.47 bits per heavy atom. The Kier molecular flexibility index (Phi) is 3.03. The Morgan fingerprint density at radius 2 is 2.20 bits per heavy atom. The Labute approximate surface area is 88.9 Å². The molecule has 1 aliphatic carbocycles. The van der Waals surface area contributed by atoms with Gasteiger partial charge < -0.3 is 10.8 Å². The van der Waals surface area contributed by atoms with Crippen LogP contribution in [0.2, 0.25) is 0 Å². The summed E-state index contributed by atoms with van der Waals surface area (Å²) >= 11 is 0. The number of aliphatic hydroxyl groups excluding tert-OH is 1. The molecular weight excluding hydrogens is 193 g/mol. The van der Waals surface area contributed by atoms with E-state index in [1.807, 2.05) is 6.07 Å². The maximum absolute atomic E-state index is 13.0. The first-order valence-electron chi connectivity index (χ1n) is 5.36. The third kappa shape index (κ3) is 2.36. The molecule has 0 radical (unpaired) electrons. The third-order valence-corrected chi connectivity index (χ3v) is 3.05. The molecule has 2 rings (SSSR count). The van der Waals surface area contributed by atoms with Crippen molar-refractivity contribution in [2.24, 2.45) is 11.7 Å². The summed E-state index contributed by atoms with van der Waals surface area (Å²) in [5, 5.41) is 9.99. The van der Waals surface area contributed by atoms with Crippen molar-refractivity contribution in [1.82, 2.24) is 0 Å². The van der Waals surface area contributed by atoms with Crippen LogP contribution in [0.15, 0.2) is 24.3 Å². The van der Waals surface area contributed by atoms with E-state index in [1.54, 1.807) is 6.07 Å². The first-order valence-corrected chi connectivity index (χ1v) is 5.36. The lowest BCUT2D eigenvalue weighted by Crippen LogP contribution is -2.27. The lowest BCUT2D eigenvalue weighted by Gasteiger charge is -2.21. The van der Waals surface area contributed by atoms with Crippen LogP contribution in [0.25, 0.3) is 0 Å². The summed E-state index contributed by atoms with van der Waals surface area (Å²) in [4.78, 5) is 0. The zero-order valence-corrected chi connectivity index (χ0v) is 8.57. The summed E-state index contributed by atoms with van der Waals surface area (Å²) in [5.74, 6) is -0.0380. The molecule has 1 aromatic carbocycles. The molecule has 2 nitrogen and oxygen atoms in total. The molecular formula is C12H16FNO.